The first-order valence-electron chi connectivity index (χ1n) is 5.51. The van der Waals surface area contributed by atoms with Crippen LogP contribution in [0.5, 0.6) is 0 Å². The smallest absolute Gasteiger partial charge is 0.222 e. The molecule has 5 nitrogen and oxygen atoms in total. The third-order valence-electron chi connectivity index (χ3n) is 2.34. The van der Waals surface area contributed by atoms with Crippen molar-refractivity contribution in [2.75, 3.05) is 5.73 Å². The number of nitrogens with zero attached hydrogens (tertiary/aromatic N) is 4. The molecular weight excluding hydrogens is 270 g/mol. The van der Waals surface area contributed by atoms with E-state index in [1.54, 1.807) is 24.0 Å². The second kappa shape index (κ2) is 5.58. The zero-order chi connectivity index (χ0) is 13.1. The number of anilines is 1. The molecule has 2 aromatic heterocycles. The van der Waals surface area contributed by atoms with Crippen LogP contribution >= 0.6 is 23.4 Å². The number of rotatable bonds is 4. The molecule has 0 bridgehead atoms. The van der Waals surface area contributed by atoms with Crippen molar-refractivity contribution < 1.29 is 0 Å². The molecule has 96 valence electrons. The lowest BCUT2D eigenvalue weighted by molar-refractivity contribution is 0.557. The fraction of sp³-hybridized carbons (Fsp3) is 0.364. The van der Waals surface area contributed by atoms with Crippen LogP contribution in [0.15, 0.2) is 23.5 Å². The predicted molar refractivity (Wildman–Crippen MR) is 73.6 cm³/mol. The van der Waals surface area contributed by atoms with Crippen LogP contribution in [0, 0.1) is 0 Å². The Labute approximate surface area is 115 Å². The van der Waals surface area contributed by atoms with Gasteiger partial charge in [0.05, 0.1) is 5.69 Å². The van der Waals surface area contributed by atoms with Gasteiger partial charge in [-0.1, -0.05) is 23.4 Å². The lowest BCUT2D eigenvalue weighted by atomic mass is 10.4. The van der Waals surface area contributed by atoms with Crippen LogP contribution in [-0.4, -0.2) is 19.7 Å². The molecule has 0 amide bonds. The van der Waals surface area contributed by atoms with Crippen molar-refractivity contribution in [3.05, 3.63) is 29.0 Å². The van der Waals surface area contributed by atoms with Gasteiger partial charge in [0.25, 0.3) is 0 Å². The molecule has 0 saturated heterocycles. The van der Waals surface area contributed by atoms with Crippen molar-refractivity contribution >= 4 is 29.3 Å². The molecular formula is C11H14ClN5S. The maximum atomic E-state index is 5.91. The largest absolute Gasteiger partial charge is 0.368 e. The number of hydrogen-bond acceptors (Lipinski definition) is 5. The SMILES string of the molecule is CC(C)n1c(N)nnc1SCc1cc(Cl)ccn1. The van der Waals surface area contributed by atoms with E-state index >= 15 is 0 Å². The lowest BCUT2D eigenvalue weighted by Crippen LogP contribution is -2.07. The van der Waals surface area contributed by atoms with Gasteiger partial charge in [0, 0.05) is 23.0 Å². The van der Waals surface area contributed by atoms with Crippen molar-refractivity contribution in [2.45, 2.75) is 30.8 Å². The van der Waals surface area contributed by atoms with Gasteiger partial charge in [-0.2, -0.15) is 0 Å². The number of aromatic nitrogens is 4. The second-order valence-corrected chi connectivity index (χ2v) is 5.44. The van der Waals surface area contributed by atoms with E-state index in [1.807, 2.05) is 24.5 Å². The summed E-state index contributed by atoms with van der Waals surface area (Å²) in [6.07, 6.45) is 1.69. The first kappa shape index (κ1) is 13.2. The average Bonchev–Trinajstić information content (AvgIpc) is 2.68. The second-order valence-electron chi connectivity index (χ2n) is 4.06. The van der Waals surface area contributed by atoms with E-state index < -0.39 is 0 Å². The Morgan fingerprint density at radius 1 is 1.44 bits per heavy atom. The quantitative estimate of drug-likeness (QED) is 0.874. The highest BCUT2D eigenvalue weighted by Crippen LogP contribution is 2.25. The van der Waals surface area contributed by atoms with Crippen LogP contribution in [-0.2, 0) is 5.75 Å². The summed E-state index contributed by atoms with van der Waals surface area (Å²) in [6.45, 7) is 4.09. The highest BCUT2D eigenvalue weighted by Gasteiger charge is 2.13. The molecule has 2 aromatic rings. The molecule has 0 aliphatic rings. The van der Waals surface area contributed by atoms with E-state index in [0.717, 1.165) is 10.9 Å². The average molecular weight is 284 g/mol. The molecule has 0 aromatic carbocycles. The Balaban J connectivity index is 2.11. The minimum Gasteiger partial charge on any atom is -0.368 e. The summed E-state index contributed by atoms with van der Waals surface area (Å²) >= 11 is 7.46. The highest BCUT2D eigenvalue weighted by molar-refractivity contribution is 7.98. The third-order valence-corrected chi connectivity index (χ3v) is 3.55. The van der Waals surface area contributed by atoms with Gasteiger partial charge in [0.15, 0.2) is 5.16 Å². The summed E-state index contributed by atoms with van der Waals surface area (Å²) in [5, 5.41) is 9.44. The van der Waals surface area contributed by atoms with Crippen molar-refractivity contribution in [1.29, 1.82) is 0 Å². The minimum atomic E-state index is 0.231. The number of nitrogen functional groups attached to an aromatic ring is 1. The normalized spacial score (nSPS) is 11.1. The fourth-order valence-corrected chi connectivity index (χ4v) is 2.70. The molecule has 18 heavy (non-hydrogen) atoms. The van der Waals surface area contributed by atoms with Crippen LogP contribution in [0.1, 0.15) is 25.6 Å². The monoisotopic (exact) mass is 283 g/mol. The summed E-state index contributed by atoms with van der Waals surface area (Å²) in [4.78, 5) is 4.24. The topological polar surface area (TPSA) is 69.6 Å². The van der Waals surface area contributed by atoms with Crippen LogP contribution in [0.25, 0.3) is 0 Å². The van der Waals surface area contributed by atoms with Gasteiger partial charge in [0.1, 0.15) is 0 Å². The predicted octanol–water partition coefficient (Wildman–Crippen LogP) is 2.78. The highest BCUT2D eigenvalue weighted by atomic mass is 35.5. The van der Waals surface area contributed by atoms with Crippen LogP contribution < -0.4 is 5.73 Å². The summed E-state index contributed by atoms with van der Waals surface area (Å²) < 4.78 is 1.90. The Morgan fingerprint density at radius 3 is 2.89 bits per heavy atom. The van der Waals surface area contributed by atoms with Gasteiger partial charge in [-0.3, -0.25) is 9.55 Å². The molecule has 0 saturated carbocycles. The summed E-state index contributed by atoms with van der Waals surface area (Å²) in [5.74, 6) is 1.12. The summed E-state index contributed by atoms with van der Waals surface area (Å²) in [5.41, 5.74) is 6.68. The van der Waals surface area contributed by atoms with E-state index in [2.05, 4.69) is 15.2 Å². The van der Waals surface area contributed by atoms with Crippen molar-refractivity contribution in [3.63, 3.8) is 0 Å². The number of nitrogens with two attached hydrogens (primary N) is 1. The van der Waals surface area contributed by atoms with E-state index in [1.165, 1.54) is 0 Å². The molecule has 2 N–H and O–H groups in total. The molecule has 0 unspecified atom stereocenters. The standard InChI is InChI=1S/C11H14ClN5S/c1-7(2)17-10(13)15-16-11(17)18-6-9-5-8(12)3-4-14-9/h3-5,7H,6H2,1-2H3,(H2,13,15). The minimum absolute atomic E-state index is 0.231. The summed E-state index contributed by atoms with van der Waals surface area (Å²) in [7, 11) is 0. The van der Waals surface area contributed by atoms with E-state index in [0.29, 0.717) is 16.7 Å². The van der Waals surface area contributed by atoms with Gasteiger partial charge in [-0.05, 0) is 26.0 Å². The van der Waals surface area contributed by atoms with Gasteiger partial charge in [-0.15, -0.1) is 10.2 Å². The number of halogens is 1. The molecule has 0 aliphatic carbocycles. The lowest BCUT2D eigenvalue weighted by Gasteiger charge is -2.10. The molecule has 0 atom stereocenters. The molecule has 7 heteroatoms. The van der Waals surface area contributed by atoms with E-state index in [9.17, 15) is 0 Å². The van der Waals surface area contributed by atoms with Crippen molar-refractivity contribution in [2.24, 2.45) is 0 Å². The number of hydrogen-bond donors (Lipinski definition) is 1. The van der Waals surface area contributed by atoms with Crippen LogP contribution in [0.2, 0.25) is 5.02 Å². The Kier molecular flexibility index (Phi) is 4.08. The van der Waals surface area contributed by atoms with Gasteiger partial charge >= 0.3 is 0 Å². The molecule has 2 rings (SSSR count). The molecule has 0 aliphatic heterocycles. The Bertz CT molecular complexity index is 540. The molecule has 0 radical (unpaired) electrons. The maximum absolute atomic E-state index is 5.91. The van der Waals surface area contributed by atoms with E-state index in [4.69, 9.17) is 17.3 Å². The van der Waals surface area contributed by atoms with Gasteiger partial charge in [-0.25, -0.2) is 0 Å². The summed E-state index contributed by atoms with van der Waals surface area (Å²) in [6, 6.07) is 3.83. The van der Waals surface area contributed by atoms with Crippen LogP contribution in [0.4, 0.5) is 5.95 Å². The first-order valence-corrected chi connectivity index (χ1v) is 6.88. The Morgan fingerprint density at radius 2 is 2.22 bits per heavy atom. The van der Waals surface area contributed by atoms with Crippen molar-refractivity contribution in [3.8, 4) is 0 Å². The van der Waals surface area contributed by atoms with E-state index in [-0.39, 0.29) is 6.04 Å². The Hall–Kier alpha value is -1.27. The van der Waals surface area contributed by atoms with Crippen molar-refractivity contribution in [1.82, 2.24) is 19.7 Å². The van der Waals surface area contributed by atoms with Gasteiger partial charge in [0.2, 0.25) is 5.95 Å². The number of pyridine rings is 1. The molecule has 0 spiro atoms. The third kappa shape index (κ3) is 2.94. The molecule has 2 heterocycles. The van der Waals surface area contributed by atoms with Crippen LogP contribution in [0.3, 0.4) is 0 Å². The molecule has 0 fully saturated rings. The maximum Gasteiger partial charge on any atom is 0.222 e. The fourth-order valence-electron chi connectivity index (χ4n) is 1.54. The number of thioether (sulfide) groups is 1. The first-order chi connectivity index (χ1) is 8.58. The zero-order valence-corrected chi connectivity index (χ0v) is 11.7. The van der Waals surface area contributed by atoms with Gasteiger partial charge < -0.3 is 5.73 Å². The zero-order valence-electron chi connectivity index (χ0n) is 10.2.